The van der Waals surface area contributed by atoms with Crippen molar-refractivity contribution in [3.63, 3.8) is 0 Å². The van der Waals surface area contributed by atoms with Gasteiger partial charge in [-0.3, -0.25) is 9.59 Å². The lowest BCUT2D eigenvalue weighted by molar-refractivity contribution is -0.123. The summed E-state index contributed by atoms with van der Waals surface area (Å²) >= 11 is 0. The number of carbonyl (C=O) groups is 2. The predicted octanol–water partition coefficient (Wildman–Crippen LogP) is 2.75. The minimum atomic E-state index is -0.483. The molecule has 0 aliphatic carbocycles. The van der Waals surface area contributed by atoms with E-state index in [4.69, 9.17) is 10.5 Å². The average molecular weight is 353 g/mol. The highest BCUT2D eigenvalue weighted by Gasteiger charge is 2.26. The van der Waals surface area contributed by atoms with Gasteiger partial charge in [0.15, 0.2) is 6.10 Å². The van der Waals surface area contributed by atoms with Crippen molar-refractivity contribution >= 4 is 17.5 Å². The zero-order valence-corrected chi connectivity index (χ0v) is 14.9. The molecule has 0 bridgehead atoms. The Morgan fingerprint density at radius 2 is 2.00 bits per heavy atom. The smallest absolute Gasteiger partial charge is 0.265 e. The van der Waals surface area contributed by atoms with Gasteiger partial charge in [-0.15, -0.1) is 0 Å². The lowest BCUT2D eigenvalue weighted by Crippen LogP contribution is -2.36. The Balaban J connectivity index is 1.72. The van der Waals surface area contributed by atoms with Gasteiger partial charge in [0.1, 0.15) is 5.75 Å². The van der Waals surface area contributed by atoms with Crippen molar-refractivity contribution in [2.24, 2.45) is 5.73 Å². The van der Waals surface area contributed by atoms with Crippen LogP contribution >= 0.6 is 0 Å². The molecule has 3 rings (SSSR count). The maximum atomic E-state index is 12.4. The van der Waals surface area contributed by atoms with Crippen LogP contribution in [0.1, 0.15) is 47.8 Å². The lowest BCUT2D eigenvalue weighted by Gasteiger charge is -2.26. The van der Waals surface area contributed by atoms with Gasteiger partial charge in [-0.2, -0.15) is 0 Å². The van der Waals surface area contributed by atoms with Crippen molar-refractivity contribution in [1.29, 1.82) is 0 Å². The fraction of sp³-hybridized carbons (Fsp3) is 0.300. The van der Waals surface area contributed by atoms with E-state index in [1.165, 1.54) is 0 Å². The van der Waals surface area contributed by atoms with Gasteiger partial charge in [-0.25, -0.2) is 0 Å². The molecule has 0 saturated carbocycles. The summed E-state index contributed by atoms with van der Waals surface area (Å²) in [5.74, 6) is 0.344. The van der Waals surface area contributed by atoms with Crippen LogP contribution < -0.4 is 21.1 Å². The van der Waals surface area contributed by atoms with Crippen LogP contribution in [0.4, 0.5) is 5.69 Å². The standard InChI is InChI=1S/C20H23N3O3/c1-3-17-20(25)23-16-9-8-15(10-18(16)26-17)12(2)22-19(24)14-6-4-13(11-21)5-7-14/h4-10,12,17H,3,11,21H2,1-2H3,(H,22,24)(H,23,25). The first-order valence-corrected chi connectivity index (χ1v) is 8.73. The first-order valence-electron chi connectivity index (χ1n) is 8.73. The van der Waals surface area contributed by atoms with Crippen LogP contribution in [-0.4, -0.2) is 17.9 Å². The maximum Gasteiger partial charge on any atom is 0.265 e. The van der Waals surface area contributed by atoms with Gasteiger partial charge in [0.05, 0.1) is 11.7 Å². The summed E-state index contributed by atoms with van der Waals surface area (Å²) in [5.41, 5.74) is 8.70. The number of nitrogens with two attached hydrogens (primary N) is 1. The van der Waals surface area contributed by atoms with Gasteiger partial charge in [0.25, 0.3) is 11.8 Å². The molecule has 0 radical (unpaired) electrons. The highest BCUT2D eigenvalue weighted by atomic mass is 16.5. The van der Waals surface area contributed by atoms with E-state index < -0.39 is 6.10 Å². The number of amides is 2. The molecule has 2 amide bonds. The van der Waals surface area contributed by atoms with E-state index in [0.29, 0.717) is 30.0 Å². The zero-order chi connectivity index (χ0) is 18.7. The van der Waals surface area contributed by atoms with Crippen LogP contribution in [0.3, 0.4) is 0 Å². The molecule has 2 aromatic carbocycles. The third-order valence-corrected chi connectivity index (χ3v) is 4.50. The summed E-state index contributed by atoms with van der Waals surface area (Å²) in [6, 6.07) is 12.6. The second-order valence-electron chi connectivity index (χ2n) is 6.36. The first-order chi connectivity index (χ1) is 12.5. The summed E-state index contributed by atoms with van der Waals surface area (Å²) in [7, 11) is 0. The third kappa shape index (κ3) is 3.70. The number of rotatable bonds is 5. The van der Waals surface area contributed by atoms with Crippen molar-refractivity contribution in [2.75, 3.05) is 5.32 Å². The van der Waals surface area contributed by atoms with Crippen LogP contribution in [0, 0.1) is 0 Å². The Kier molecular flexibility index (Phi) is 5.23. The van der Waals surface area contributed by atoms with Gasteiger partial charge in [-0.05, 0) is 48.7 Å². The molecule has 1 aliphatic heterocycles. The Morgan fingerprint density at radius 1 is 1.27 bits per heavy atom. The molecule has 0 aromatic heterocycles. The van der Waals surface area contributed by atoms with Crippen molar-refractivity contribution in [3.8, 4) is 5.75 Å². The molecular formula is C20H23N3O3. The molecule has 1 aliphatic rings. The number of fused-ring (bicyclic) bond motifs is 1. The number of hydrogen-bond donors (Lipinski definition) is 3. The molecule has 1 heterocycles. The van der Waals surface area contributed by atoms with Crippen molar-refractivity contribution in [2.45, 2.75) is 39.0 Å². The molecule has 0 spiro atoms. The third-order valence-electron chi connectivity index (χ3n) is 4.50. The molecule has 2 aromatic rings. The van der Waals surface area contributed by atoms with E-state index in [1.54, 1.807) is 18.2 Å². The number of benzene rings is 2. The number of hydrogen-bond acceptors (Lipinski definition) is 4. The molecule has 2 atom stereocenters. The first kappa shape index (κ1) is 17.9. The average Bonchev–Trinajstić information content (AvgIpc) is 2.67. The predicted molar refractivity (Wildman–Crippen MR) is 100.0 cm³/mol. The van der Waals surface area contributed by atoms with E-state index in [-0.39, 0.29) is 17.9 Å². The van der Waals surface area contributed by atoms with Crippen LogP contribution in [0.15, 0.2) is 42.5 Å². The van der Waals surface area contributed by atoms with Crippen LogP contribution in [0.25, 0.3) is 0 Å². The van der Waals surface area contributed by atoms with Gasteiger partial charge < -0.3 is 21.1 Å². The van der Waals surface area contributed by atoms with Crippen LogP contribution in [0.5, 0.6) is 5.75 Å². The molecule has 6 nitrogen and oxygen atoms in total. The Hall–Kier alpha value is -2.86. The Bertz CT molecular complexity index is 818. The fourth-order valence-electron chi connectivity index (χ4n) is 2.85. The number of anilines is 1. The Labute approximate surface area is 152 Å². The largest absolute Gasteiger partial charge is 0.478 e. The summed E-state index contributed by atoms with van der Waals surface area (Å²) < 4.78 is 5.76. The van der Waals surface area contributed by atoms with E-state index >= 15 is 0 Å². The van der Waals surface area contributed by atoms with Gasteiger partial charge in [0, 0.05) is 12.1 Å². The summed E-state index contributed by atoms with van der Waals surface area (Å²) in [6.45, 7) is 4.26. The molecule has 0 saturated heterocycles. The zero-order valence-electron chi connectivity index (χ0n) is 14.9. The lowest BCUT2D eigenvalue weighted by atomic mass is 10.0. The highest BCUT2D eigenvalue weighted by Crippen LogP contribution is 2.33. The maximum absolute atomic E-state index is 12.4. The fourth-order valence-corrected chi connectivity index (χ4v) is 2.85. The SMILES string of the molecule is CCC1Oc2cc(C(C)NC(=O)c3ccc(CN)cc3)ccc2NC1=O. The molecule has 136 valence electrons. The number of ether oxygens (including phenoxy) is 1. The summed E-state index contributed by atoms with van der Waals surface area (Å²) in [4.78, 5) is 24.3. The van der Waals surface area contributed by atoms with Crippen LogP contribution in [-0.2, 0) is 11.3 Å². The molecule has 2 unspecified atom stereocenters. The van der Waals surface area contributed by atoms with E-state index in [1.807, 2.05) is 38.1 Å². The topological polar surface area (TPSA) is 93.4 Å². The van der Waals surface area contributed by atoms with Crippen molar-refractivity contribution in [1.82, 2.24) is 5.32 Å². The molecule has 0 fully saturated rings. The summed E-state index contributed by atoms with van der Waals surface area (Å²) in [5, 5.41) is 5.82. The van der Waals surface area contributed by atoms with Crippen LogP contribution in [0.2, 0.25) is 0 Å². The van der Waals surface area contributed by atoms with Gasteiger partial charge in [-0.1, -0.05) is 25.1 Å². The normalized spacial score (nSPS) is 16.9. The number of carbonyl (C=O) groups excluding carboxylic acids is 2. The quantitative estimate of drug-likeness (QED) is 0.770. The van der Waals surface area contributed by atoms with Gasteiger partial charge in [0.2, 0.25) is 0 Å². The minimum Gasteiger partial charge on any atom is -0.478 e. The van der Waals surface area contributed by atoms with Gasteiger partial charge >= 0.3 is 0 Å². The van der Waals surface area contributed by atoms with Crippen molar-refractivity contribution in [3.05, 3.63) is 59.2 Å². The molecule has 4 N–H and O–H groups in total. The monoisotopic (exact) mass is 353 g/mol. The number of nitrogens with one attached hydrogen (secondary N) is 2. The van der Waals surface area contributed by atoms with E-state index in [0.717, 1.165) is 11.1 Å². The van der Waals surface area contributed by atoms with E-state index in [9.17, 15) is 9.59 Å². The minimum absolute atomic E-state index is 0.130. The van der Waals surface area contributed by atoms with Crippen molar-refractivity contribution < 1.29 is 14.3 Å². The highest BCUT2D eigenvalue weighted by molar-refractivity contribution is 5.98. The second kappa shape index (κ2) is 7.58. The summed E-state index contributed by atoms with van der Waals surface area (Å²) in [6.07, 6.45) is 0.115. The molecular weight excluding hydrogens is 330 g/mol. The Morgan fingerprint density at radius 3 is 2.65 bits per heavy atom. The second-order valence-corrected chi connectivity index (χ2v) is 6.36. The van der Waals surface area contributed by atoms with E-state index in [2.05, 4.69) is 10.6 Å². The molecule has 26 heavy (non-hydrogen) atoms. The molecule has 6 heteroatoms.